The van der Waals surface area contributed by atoms with Crippen LogP contribution in [0.1, 0.15) is 28.5 Å². The minimum atomic E-state index is -0.628. The highest BCUT2D eigenvalue weighted by Crippen LogP contribution is 2.26. The molecule has 1 aromatic heterocycles. The zero-order valence-corrected chi connectivity index (χ0v) is 17.3. The number of thiazole rings is 1. The summed E-state index contributed by atoms with van der Waals surface area (Å²) in [7, 11) is 1.60. The van der Waals surface area contributed by atoms with Gasteiger partial charge >= 0.3 is 5.97 Å². The van der Waals surface area contributed by atoms with E-state index in [-0.39, 0.29) is 18.2 Å². The molecule has 150 valence electrons. The predicted molar refractivity (Wildman–Crippen MR) is 114 cm³/mol. The molecule has 1 heterocycles. The molecule has 3 aromatic rings. The minimum absolute atomic E-state index is 0.179. The Kier molecular flexibility index (Phi) is 6.61. The highest BCUT2D eigenvalue weighted by atomic mass is 32.1. The van der Waals surface area contributed by atoms with Crippen molar-refractivity contribution >= 4 is 28.9 Å². The lowest BCUT2D eigenvalue weighted by atomic mass is 10.1. The molecule has 0 aliphatic carbocycles. The molecular formula is C22H22N2O4S. The van der Waals surface area contributed by atoms with Crippen LogP contribution in [0.2, 0.25) is 0 Å². The average Bonchev–Trinajstić information content (AvgIpc) is 3.24. The highest BCUT2D eigenvalue weighted by Gasteiger charge is 2.16. The van der Waals surface area contributed by atoms with Gasteiger partial charge in [0.25, 0.3) is 5.91 Å². The molecular weight excluding hydrogens is 388 g/mol. The second-order valence-electron chi connectivity index (χ2n) is 6.35. The number of nitrogens with one attached hydrogen (secondary N) is 1. The van der Waals surface area contributed by atoms with E-state index in [1.165, 1.54) is 11.3 Å². The van der Waals surface area contributed by atoms with E-state index in [0.29, 0.717) is 5.01 Å². The topological polar surface area (TPSA) is 77.5 Å². The van der Waals surface area contributed by atoms with E-state index in [0.717, 1.165) is 34.5 Å². The second kappa shape index (κ2) is 9.34. The summed E-state index contributed by atoms with van der Waals surface area (Å²) in [5, 5.41) is 5.15. The number of anilines is 1. The van der Waals surface area contributed by atoms with E-state index in [2.05, 4.69) is 10.3 Å². The molecule has 0 spiro atoms. The number of rotatable bonds is 7. The molecule has 0 fully saturated rings. The van der Waals surface area contributed by atoms with Gasteiger partial charge in [-0.3, -0.25) is 4.79 Å². The van der Waals surface area contributed by atoms with E-state index in [4.69, 9.17) is 9.47 Å². The Hall–Kier alpha value is -3.19. The van der Waals surface area contributed by atoms with Gasteiger partial charge in [0.05, 0.1) is 7.11 Å². The Labute approximate surface area is 173 Å². The van der Waals surface area contributed by atoms with Crippen molar-refractivity contribution in [1.29, 1.82) is 0 Å². The van der Waals surface area contributed by atoms with Crippen LogP contribution >= 0.6 is 11.3 Å². The second-order valence-corrected chi connectivity index (χ2v) is 7.21. The number of esters is 1. The molecule has 0 atom stereocenters. The van der Waals surface area contributed by atoms with Gasteiger partial charge in [-0.2, -0.15) is 0 Å². The number of para-hydroxylation sites is 1. The highest BCUT2D eigenvalue weighted by molar-refractivity contribution is 7.13. The Bertz CT molecular complexity index is 1010. The molecule has 0 bridgehead atoms. The van der Waals surface area contributed by atoms with Gasteiger partial charge < -0.3 is 14.8 Å². The largest absolute Gasteiger partial charge is 0.497 e. The van der Waals surface area contributed by atoms with E-state index < -0.39 is 5.97 Å². The van der Waals surface area contributed by atoms with Crippen molar-refractivity contribution in [2.24, 2.45) is 0 Å². The van der Waals surface area contributed by atoms with Crippen molar-refractivity contribution in [3.8, 4) is 16.3 Å². The Morgan fingerprint density at radius 2 is 1.90 bits per heavy atom. The van der Waals surface area contributed by atoms with Crippen LogP contribution < -0.4 is 10.1 Å². The third kappa shape index (κ3) is 5.00. The molecule has 0 saturated heterocycles. The summed E-state index contributed by atoms with van der Waals surface area (Å²) in [6.07, 6.45) is 0.796. The number of nitrogens with zero attached hydrogens (tertiary/aromatic N) is 1. The van der Waals surface area contributed by atoms with E-state index in [1.807, 2.05) is 56.3 Å². The summed E-state index contributed by atoms with van der Waals surface area (Å²) in [5.41, 5.74) is 3.82. The lowest BCUT2D eigenvalue weighted by molar-refractivity contribution is -0.119. The van der Waals surface area contributed by atoms with Gasteiger partial charge in [0.2, 0.25) is 0 Å². The summed E-state index contributed by atoms with van der Waals surface area (Å²) in [6.45, 7) is 3.58. The van der Waals surface area contributed by atoms with Crippen molar-refractivity contribution in [3.63, 3.8) is 0 Å². The Balaban J connectivity index is 1.60. The molecule has 7 heteroatoms. The first-order chi connectivity index (χ1) is 14.0. The van der Waals surface area contributed by atoms with E-state index in [1.54, 1.807) is 12.5 Å². The number of hydrogen-bond donors (Lipinski definition) is 1. The summed E-state index contributed by atoms with van der Waals surface area (Å²) in [5.74, 6) is -0.263. The predicted octanol–water partition coefficient (Wildman–Crippen LogP) is 4.49. The molecule has 29 heavy (non-hydrogen) atoms. The third-order valence-electron chi connectivity index (χ3n) is 4.39. The molecule has 2 aromatic carbocycles. The van der Waals surface area contributed by atoms with Crippen LogP contribution in [0.5, 0.6) is 5.75 Å². The van der Waals surface area contributed by atoms with Gasteiger partial charge in [0, 0.05) is 16.6 Å². The summed E-state index contributed by atoms with van der Waals surface area (Å²) in [4.78, 5) is 28.8. The van der Waals surface area contributed by atoms with E-state index in [9.17, 15) is 9.59 Å². The first-order valence-corrected chi connectivity index (χ1v) is 10.0. The maximum Gasteiger partial charge on any atom is 0.358 e. The van der Waals surface area contributed by atoms with Gasteiger partial charge in [-0.05, 0) is 48.7 Å². The zero-order valence-electron chi connectivity index (χ0n) is 16.5. The lowest BCUT2D eigenvalue weighted by Gasteiger charge is -2.12. The fraction of sp³-hybridized carbons (Fsp3) is 0.227. The molecule has 1 amide bonds. The molecule has 3 rings (SSSR count). The van der Waals surface area contributed by atoms with Gasteiger partial charge in [0.1, 0.15) is 10.8 Å². The molecule has 6 nitrogen and oxygen atoms in total. The van der Waals surface area contributed by atoms with Crippen LogP contribution in [0, 0.1) is 6.92 Å². The van der Waals surface area contributed by atoms with E-state index >= 15 is 0 Å². The monoisotopic (exact) mass is 410 g/mol. The number of carbonyl (C=O) groups is 2. The van der Waals surface area contributed by atoms with Crippen molar-refractivity contribution in [3.05, 3.63) is 64.7 Å². The first-order valence-electron chi connectivity index (χ1n) is 9.17. The fourth-order valence-electron chi connectivity index (χ4n) is 2.82. The number of aryl methyl sites for hydroxylation is 2. The van der Waals surface area contributed by atoms with Gasteiger partial charge in [-0.25, -0.2) is 9.78 Å². The van der Waals surface area contributed by atoms with Crippen molar-refractivity contribution in [1.82, 2.24) is 4.98 Å². The average molecular weight is 410 g/mol. The van der Waals surface area contributed by atoms with Crippen molar-refractivity contribution in [2.75, 3.05) is 19.0 Å². The SMILES string of the molecule is CCc1cccc(C)c1NC(=O)COC(=O)c1csc(-c2ccc(OC)cc2)n1. The number of ether oxygens (including phenoxy) is 2. The zero-order chi connectivity index (χ0) is 20.8. The number of carbonyl (C=O) groups excluding carboxylic acids is 2. The smallest absolute Gasteiger partial charge is 0.358 e. The van der Waals surface area contributed by atoms with Crippen molar-refractivity contribution < 1.29 is 19.1 Å². The molecule has 0 saturated carbocycles. The summed E-state index contributed by atoms with van der Waals surface area (Å²) in [6, 6.07) is 13.2. The number of hydrogen-bond acceptors (Lipinski definition) is 6. The molecule has 0 aliphatic rings. The first kappa shape index (κ1) is 20.5. The van der Waals surface area contributed by atoms with Gasteiger partial charge in [-0.1, -0.05) is 25.1 Å². The van der Waals surface area contributed by atoms with Crippen LogP contribution in [0.25, 0.3) is 10.6 Å². The molecule has 1 N–H and O–H groups in total. The maximum absolute atomic E-state index is 12.3. The van der Waals surface area contributed by atoms with Crippen LogP contribution in [-0.2, 0) is 16.0 Å². The Morgan fingerprint density at radius 3 is 2.59 bits per heavy atom. The third-order valence-corrected chi connectivity index (χ3v) is 5.28. The van der Waals surface area contributed by atoms with Crippen molar-refractivity contribution in [2.45, 2.75) is 20.3 Å². The van der Waals surface area contributed by atoms with Crippen LogP contribution in [-0.4, -0.2) is 30.6 Å². The fourth-order valence-corrected chi connectivity index (χ4v) is 3.61. The Morgan fingerprint density at radius 1 is 1.14 bits per heavy atom. The van der Waals surface area contributed by atoms with Crippen LogP contribution in [0.4, 0.5) is 5.69 Å². The number of benzene rings is 2. The number of amides is 1. The maximum atomic E-state index is 12.3. The normalized spacial score (nSPS) is 10.4. The van der Waals surface area contributed by atoms with Gasteiger partial charge in [0.15, 0.2) is 12.3 Å². The van der Waals surface area contributed by atoms with Crippen LogP contribution in [0.15, 0.2) is 47.8 Å². The number of aromatic nitrogens is 1. The summed E-state index contributed by atoms with van der Waals surface area (Å²) < 4.78 is 10.3. The van der Waals surface area contributed by atoms with Gasteiger partial charge in [-0.15, -0.1) is 11.3 Å². The molecule has 0 aliphatic heterocycles. The molecule has 0 unspecified atom stereocenters. The quantitative estimate of drug-likeness (QED) is 0.581. The lowest BCUT2D eigenvalue weighted by Crippen LogP contribution is -2.22. The number of methoxy groups -OCH3 is 1. The molecule has 0 radical (unpaired) electrons. The summed E-state index contributed by atoms with van der Waals surface area (Å²) >= 11 is 1.33. The standard InChI is InChI=1S/C22H22N2O4S/c1-4-15-7-5-6-14(2)20(15)24-19(25)12-28-22(26)18-13-29-21(23-18)16-8-10-17(27-3)11-9-16/h5-11,13H,4,12H2,1-3H3,(H,24,25). The minimum Gasteiger partial charge on any atom is -0.497 e. The van der Waals surface area contributed by atoms with Crippen LogP contribution in [0.3, 0.4) is 0 Å².